The number of aliphatic imine (C=N–C) groups is 1. The Morgan fingerprint density at radius 1 is 1.23 bits per heavy atom. The van der Waals surface area contributed by atoms with Crippen LogP contribution in [0.4, 0.5) is 0 Å². The van der Waals surface area contributed by atoms with Crippen LogP contribution in [0.25, 0.3) is 10.9 Å². The zero-order chi connectivity index (χ0) is 18.4. The van der Waals surface area contributed by atoms with Crippen LogP contribution in [0, 0.1) is 6.92 Å². The summed E-state index contributed by atoms with van der Waals surface area (Å²) in [6.07, 6.45) is 1.94. The molecule has 0 saturated heterocycles. The predicted octanol–water partition coefficient (Wildman–Crippen LogP) is 3.79. The third kappa shape index (κ3) is 4.43. The maximum atomic E-state index is 4.67. The average Bonchev–Trinajstić information content (AvgIpc) is 3.24. The van der Waals surface area contributed by atoms with E-state index in [1.54, 1.807) is 11.3 Å². The zero-order valence-corrected chi connectivity index (χ0v) is 16.5. The normalized spacial score (nSPS) is 11.9. The van der Waals surface area contributed by atoms with Gasteiger partial charge in [-0.05, 0) is 38.3 Å². The van der Waals surface area contributed by atoms with Crippen LogP contribution in [0.5, 0.6) is 0 Å². The molecule has 0 atom stereocenters. The second-order valence-electron chi connectivity index (χ2n) is 6.23. The summed E-state index contributed by atoms with van der Waals surface area (Å²) in [7, 11) is 0. The van der Waals surface area contributed by atoms with Crippen LogP contribution >= 0.6 is 11.3 Å². The molecule has 3 N–H and O–H groups in total. The van der Waals surface area contributed by atoms with Crippen molar-refractivity contribution < 1.29 is 0 Å². The molecule has 0 aliphatic rings. The van der Waals surface area contributed by atoms with Crippen LogP contribution in [0.15, 0.2) is 34.6 Å². The van der Waals surface area contributed by atoms with Gasteiger partial charge in [0.25, 0.3) is 0 Å². The fourth-order valence-corrected chi connectivity index (χ4v) is 3.78. The van der Waals surface area contributed by atoms with Crippen LogP contribution in [0.2, 0.25) is 0 Å². The summed E-state index contributed by atoms with van der Waals surface area (Å²) in [6, 6.07) is 8.47. The Labute approximate surface area is 159 Å². The fourth-order valence-electron chi connectivity index (χ4n) is 3.05. The number of benzene rings is 1. The average molecular weight is 370 g/mol. The number of hydrogen-bond donors (Lipinski definition) is 3. The number of thiazole rings is 1. The van der Waals surface area contributed by atoms with Crippen molar-refractivity contribution in [2.75, 3.05) is 13.1 Å². The summed E-state index contributed by atoms with van der Waals surface area (Å²) in [6.45, 7) is 8.64. The quantitative estimate of drug-likeness (QED) is 0.438. The number of aryl methyl sites for hydroxylation is 2. The Morgan fingerprint density at radius 2 is 2.08 bits per heavy atom. The third-order valence-electron chi connectivity index (χ3n) is 4.34. The Morgan fingerprint density at radius 3 is 2.85 bits per heavy atom. The first-order chi connectivity index (χ1) is 12.7. The molecule has 1 aromatic carbocycles. The van der Waals surface area contributed by atoms with Gasteiger partial charge in [-0.25, -0.2) is 9.98 Å². The van der Waals surface area contributed by atoms with E-state index >= 15 is 0 Å². The van der Waals surface area contributed by atoms with Crippen molar-refractivity contribution in [1.29, 1.82) is 0 Å². The fraction of sp³-hybridized carbons (Fsp3) is 0.400. The summed E-state index contributed by atoms with van der Waals surface area (Å²) in [5.74, 6) is 0.844. The van der Waals surface area contributed by atoms with E-state index < -0.39 is 0 Å². The number of para-hydroxylation sites is 1. The highest BCUT2D eigenvalue weighted by Crippen LogP contribution is 2.21. The first kappa shape index (κ1) is 18.5. The van der Waals surface area contributed by atoms with E-state index in [9.17, 15) is 0 Å². The lowest BCUT2D eigenvalue weighted by Gasteiger charge is -2.11. The highest BCUT2D eigenvalue weighted by Gasteiger charge is 2.08. The summed E-state index contributed by atoms with van der Waals surface area (Å²) in [5.41, 5.74) is 4.85. The van der Waals surface area contributed by atoms with E-state index in [2.05, 4.69) is 76.0 Å². The van der Waals surface area contributed by atoms with Gasteiger partial charge >= 0.3 is 0 Å². The Bertz CT molecular complexity index is 877. The number of fused-ring (bicyclic) bond motifs is 1. The van der Waals surface area contributed by atoms with E-state index in [-0.39, 0.29) is 0 Å². The molecule has 3 aromatic rings. The van der Waals surface area contributed by atoms with Crippen LogP contribution in [-0.2, 0) is 19.4 Å². The molecule has 6 heteroatoms. The molecule has 0 saturated carbocycles. The molecule has 3 rings (SSSR count). The minimum Gasteiger partial charge on any atom is -0.358 e. The molecular formula is C20H27N5S. The van der Waals surface area contributed by atoms with Crippen molar-refractivity contribution in [2.45, 2.75) is 40.2 Å². The molecule has 0 aliphatic heterocycles. The van der Waals surface area contributed by atoms with E-state index in [1.165, 1.54) is 27.2 Å². The Kier molecular flexibility index (Phi) is 6.28. The maximum absolute atomic E-state index is 4.67. The Hall–Kier alpha value is -2.34. The van der Waals surface area contributed by atoms with Gasteiger partial charge in [-0.2, -0.15) is 0 Å². The second-order valence-corrected chi connectivity index (χ2v) is 7.17. The van der Waals surface area contributed by atoms with Crippen LogP contribution in [0.3, 0.4) is 0 Å². The molecule has 0 unspecified atom stereocenters. The van der Waals surface area contributed by atoms with E-state index in [0.717, 1.165) is 37.6 Å². The molecular weight excluding hydrogens is 342 g/mol. The largest absolute Gasteiger partial charge is 0.358 e. The topological polar surface area (TPSA) is 65.1 Å². The first-order valence-corrected chi connectivity index (χ1v) is 10.1. The van der Waals surface area contributed by atoms with Gasteiger partial charge in [0.15, 0.2) is 5.96 Å². The molecule has 0 radical (unpaired) electrons. The van der Waals surface area contributed by atoms with Crippen LogP contribution in [-0.4, -0.2) is 29.0 Å². The molecule has 138 valence electrons. The van der Waals surface area contributed by atoms with Gasteiger partial charge in [0.05, 0.1) is 17.2 Å². The van der Waals surface area contributed by atoms with E-state index in [0.29, 0.717) is 6.54 Å². The van der Waals surface area contributed by atoms with Gasteiger partial charge < -0.3 is 15.6 Å². The van der Waals surface area contributed by atoms with Crippen molar-refractivity contribution >= 4 is 28.2 Å². The molecule has 0 fully saturated rings. The molecule has 0 amide bonds. The lowest BCUT2D eigenvalue weighted by Crippen LogP contribution is -2.38. The number of aromatic nitrogens is 2. The van der Waals surface area contributed by atoms with Gasteiger partial charge in [0.2, 0.25) is 0 Å². The molecule has 0 bridgehead atoms. The van der Waals surface area contributed by atoms with Crippen LogP contribution in [0.1, 0.15) is 35.8 Å². The number of aromatic amines is 1. The Balaban J connectivity index is 1.61. The second kappa shape index (κ2) is 8.85. The lowest BCUT2D eigenvalue weighted by molar-refractivity contribution is 0.796. The van der Waals surface area contributed by atoms with Crippen molar-refractivity contribution in [3.63, 3.8) is 0 Å². The standard InChI is InChI=1S/C20H27N5S/c1-4-19-25-15(13-26-19)12-23-20(21-5-2)22-11-10-16-14(3)24-18-9-7-6-8-17(16)18/h6-9,13,24H,4-5,10-12H2,1-3H3,(H2,21,22,23). The van der Waals surface area contributed by atoms with Crippen molar-refractivity contribution in [1.82, 2.24) is 20.6 Å². The number of nitrogens with zero attached hydrogens (tertiary/aromatic N) is 2. The monoisotopic (exact) mass is 369 g/mol. The zero-order valence-electron chi connectivity index (χ0n) is 15.7. The van der Waals surface area contributed by atoms with Gasteiger partial charge in [0.1, 0.15) is 0 Å². The summed E-state index contributed by atoms with van der Waals surface area (Å²) >= 11 is 1.71. The number of guanidine groups is 1. The SMILES string of the molecule is CCNC(=NCc1csc(CC)n1)NCCc1c(C)[nH]c2ccccc12. The van der Waals surface area contributed by atoms with Crippen LogP contribution < -0.4 is 10.6 Å². The number of nitrogens with one attached hydrogen (secondary N) is 3. The highest BCUT2D eigenvalue weighted by molar-refractivity contribution is 7.09. The molecule has 2 heterocycles. The lowest BCUT2D eigenvalue weighted by atomic mass is 10.1. The molecule has 2 aromatic heterocycles. The van der Waals surface area contributed by atoms with E-state index in [4.69, 9.17) is 0 Å². The van der Waals surface area contributed by atoms with E-state index in [1.807, 2.05) is 0 Å². The van der Waals surface area contributed by atoms with Crippen molar-refractivity contribution in [3.05, 3.63) is 51.6 Å². The van der Waals surface area contributed by atoms with Gasteiger partial charge in [0, 0.05) is 35.1 Å². The van der Waals surface area contributed by atoms with Gasteiger partial charge in [-0.3, -0.25) is 0 Å². The third-order valence-corrected chi connectivity index (χ3v) is 5.38. The maximum Gasteiger partial charge on any atom is 0.191 e. The first-order valence-electron chi connectivity index (χ1n) is 9.22. The number of H-pyrrole nitrogens is 1. The smallest absolute Gasteiger partial charge is 0.191 e. The molecule has 0 aliphatic carbocycles. The minimum absolute atomic E-state index is 0.609. The molecule has 26 heavy (non-hydrogen) atoms. The number of hydrogen-bond acceptors (Lipinski definition) is 3. The summed E-state index contributed by atoms with van der Waals surface area (Å²) < 4.78 is 0. The highest BCUT2D eigenvalue weighted by atomic mass is 32.1. The summed E-state index contributed by atoms with van der Waals surface area (Å²) in [4.78, 5) is 12.7. The van der Waals surface area contributed by atoms with Gasteiger partial charge in [-0.15, -0.1) is 11.3 Å². The predicted molar refractivity (Wildman–Crippen MR) is 111 cm³/mol. The summed E-state index contributed by atoms with van der Waals surface area (Å²) in [5, 5.41) is 11.3. The molecule has 0 spiro atoms. The molecule has 5 nitrogen and oxygen atoms in total. The van der Waals surface area contributed by atoms with Crippen molar-refractivity contribution in [3.8, 4) is 0 Å². The number of rotatable bonds is 7. The van der Waals surface area contributed by atoms with Crippen molar-refractivity contribution in [2.24, 2.45) is 4.99 Å². The minimum atomic E-state index is 0.609. The van der Waals surface area contributed by atoms with Gasteiger partial charge in [-0.1, -0.05) is 25.1 Å².